The highest BCUT2D eigenvalue weighted by Crippen LogP contribution is 2.38. The van der Waals surface area contributed by atoms with Crippen LogP contribution in [0.5, 0.6) is 0 Å². The lowest BCUT2D eigenvalue weighted by atomic mass is 10.3. The van der Waals surface area contributed by atoms with Crippen LogP contribution in [-0.4, -0.2) is 15.6 Å². The van der Waals surface area contributed by atoms with E-state index >= 15 is 0 Å². The maximum absolute atomic E-state index is 12.1. The van der Waals surface area contributed by atoms with Crippen LogP contribution in [0.2, 0.25) is 5.02 Å². The first kappa shape index (κ1) is 15.0. The molecule has 0 radical (unpaired) electrons. The number of aromatic nitrogens is 2. The second-order valence-corrected chi connectivity index (χ2v) is 6.37. The summed E-state index contributed by atoms with van der Waals surface area (Å²) in [6, 6.07) is 15.4. The van der Waals surface area contributed by atoms with Crippen molar-refractivity contribution in [2.24, 2.45) is 0 Å². The highest BCUT2D eigenvalue weighted by molar-refractivity contribution is 6.30. The molecule has 0 spiro atoms. The van der Waals surface area contributed by atoms with Gasteiger partial charge in [-0.2, -0.15) is 0 Å². The van der Waals surface area contributed by atoms with Crippen molar-refractivity contribution in [3.63, 3.8) is 0 Å². The number of para-hydroxylation sites is 2. The monoisotopic (exact) mass is 340 g/mol. The molecule has 0 saturated heterocycles. The lowest BCUT2D eigenvalue weighted by Gasteiger charge is -2.10. The van der Waals surface area contributed by atoms with Crippen LogP contribution in [0, 0.1) is 0 Å². The minimum Gasteiger partial charge on any atom is -0.331 e. The Balaban J connectivity index is 1.48. The number of hydrogen-bond donors (Lipinski definition) is 2. The summed E-state index contributed by atoms with van der Waals surface area (Å²) < 4.78 is 2.25. The number of nitrogens with one attached hydrogen (secondary N) is 2. The van der Waals surface area contributed by atoms with E-state index in [0.717, 1.165) is 16.9 Å². The third-order valence-electron chi connectivity index (χ3n) is 4.07. The largest absolute Gasteiger partial charge is 0.331 e. The molecule has 5 nitrogen and oxygen atoms in total. The van der Waals surface area contributed by atoms with Gasteiger partial charge in [-0.25, -0.2) is 9.78 Å². The molecule has 1 aliphatic carbocycles. The fourth-order valence-electron chi connectivity index (χ4n) is 2.86. The van der Waals surface area contributed by atoms with Crippen molar-refractivity contribution in [2.45, 2.75) is 25.4 Å². The summed E-state index contributed by atoms with van der Waals surface area (Å²) >= 11 is 5.92. The van der Waals surface area contributed by atoms with E-state index in [1.807, 2.05) is 18.2 Å². The fourth-order valence-corrected chi connectivity index (χ4v) is 3.05. The van der Waals surface area contributed by atoms with E-state index in [-0.39, 0.29) is 6.03 Å². The molecule has 0 atom stereocenters. The normalized spacial score (nSPS) is 13.9. The molecule has 1 fully saturated rings. The van der Waals surface area contributed by atoms with Gasteiger partial charge >= 0.3 is 6.03 Å². The predicted octanol–water partition coefficient (Wildman–Crippen LogP) is 4.35. The van der Waals surface area contributed by atoms with E-state index in [9.17, 15) is 4.79 Å². The van der Waals surface area contributed by atoms with E-state index in [2.05, 4.69) is 26.3 Å². The summed E-state index contributed by atoms with van der Waals surface area (Å²) in [6.45, 7) is 0.386. The average Bonchev–Trinajstić information content (AvgIpc) is 3.33. The first-order valence-corrected chi connectivity index (χ1v) is 8.35. The Hall–Kier alpha value is -2.53. The Morgan fingerprint density at radius 2 is 2.04 bits per heavy atom. The number of rotatable bonds is 4. The summed E-state index contributed by atoms with van der Waals surface area (Å²) in [5.74, 6) is 0.889. The van der Waals surface area contributed by atoms with Gasteiger partial charge in [0.1, 0.15) is 5.82 Å². The van der Waals surface area contributed by atoms with E-state index < -0.39 is 0 Å². The zero-order valence-electron chi connectivity index (χ0n) is 13.0. The molecule has 0 bridgehead atoms. The average molecular weight is 341 g/mol. The van der Waals surface area contributed by atoms with Crippen LogP contribution in [0.15, 0.2) is 48.5 Å². The van der Waals surface area contributed by atoms with Crippen molar-refractivity contribution in [3.05, 3.63) is 59.4 Å². The number of halogens is 1. The van der Waals surface area contributed by atoms with Crippen molar-refractivity contribution >= 4 is 34.4 Å². The van der Waals surface area contributed by atoms with Gasteiger partial charge in [0.05, 0.1) is 17.6 Å². The molecule has 2 amide bonds. The van der Waals surface area contributed by atoms with Gasteiger partial charge in [-0.3, -0.25) is 0 Å². The predicted molar refractivity (Wildman–Crippen MR) is 95.3 cm³/mol. The van der Waals surface area contributed by atoms with Gasteiger partial charge in [0.15, 0.2) is 0 Å². The van der Waals surface area contributed by atoms with Crippen LogP contribution >= 0.6 is 11.6 Å². The van der Waals surface area contributed by atoms with Crippen molar-refractivity contribution in [1.29, 1.82) is 0 Å². The van der Waals surface area contributed by atoms with Gasteiger partial charge in [-0.1, -0.05) is 29.8 Å². The van der Waals surface area contributed by atoms with Crippen molar-refractivity contribution in [2.75, 3.05) is 5.32 Å². The third-order valence-corrected chi connectivity index (χ3v) is 4.31. The molecule has 4 rings (SSSR count). The van der Waals surface area contributed by atoms with Crippen LogP contribution in [0.1, 0.15) is 24.7 Å². The molecule has 1 aliphatic rings. The molecular formula is C18H17ClN4O. The summed E-state index contributed by atoms with van der Waals surface area (Å²) in [5, 5.41) is 6.24. The van der Waals surface area contributed by atoms with Crippen LogP contribution in [0.3, 0.4) is 0 Å². The number of hydrogen-bond acceptors (Lipinski definition) is 2. The minimum atomic E-state index is -0.272. The maximum atomic E-state index is 12.1. The Morgan fingerprint density at radius 3 is 2.83 bits per heavy atom. The highest BCUT2D eigenvalue weighted by Gasteiger charge is 2.28. The van der Waals surface area contributed by atoms with E-state index in [0.29, 0.717) is 23.3 Å². The smallest absolute Gasteiger partial charge is 0.319 e. The molecule has 1 saturated carbocycles. The molecule has 122 valence electrons. The van der Waals surface area contributed by atoms with E-state index in [1.54, 1.807) is 24.3 Å². The van der Waals surface area contributed by atoms with Gasteiger partial charge in [-0.15, -0.1) is 0 Å². The van der Waals surface area contributed by atoms with Crippen LogP contribution < -0.4 is 10.6 Å². The zero-order chi connectivity index (χ0) is 16.5. The molecule has 2 aromatic carbocycles. The van der Waals surface area contributed by atoms with Gasteiger partial charge in [-0.05, 0) is 43.2 Å². The van der Waals surface area contributed by atoms with Gasteiger partial charge in [0.25, 0.3) is 0 Å². The number of urea groups is 1. The molecule has 24 heavy (non-hydrogen) atoms. The van der Waals surface area contributed by atoms with Crippen molar-refractivity contribution < 1.29 is 4.79 Å². The second kappa shape index (κ2) is 6.17. The second-order valence-electron chi connectivity index (χ2n) is 5.94. The number of imidazole rings is 1. The molecule has 3 aromatic rings. The van der Waals surface area contributed by atoms with Gasteiger partial charge < -0.3 is 15.2 Å². The van der Waals surface area contributed by atoms with E-state index in [4.69, 9.17) is 11.6 Å². The summed E-state index contributed by atoms with van der Waals surface area (Å²) in [4.78, 5) is 16.8. The number of fused-ring (bicyclic) bond motifs is 1. The van der Waals surface area contributed by atoms with Crippen molar-refractivity contribution in [3.8, 4) is 0 Å². The standard InChI is InChI=1S/C18H17ClN4O/c19-12-4-3-5-13(10-12)21-18(24)20-11-17-22-15-6-1-2-7-16(15)23(17)14-8-9-14/h1-7,10,14H,8-9,11H2,(H2,20,21,24). The Bertz CT molecular complexity index is 901. The summed E-state index contributed by atoms with van der Waals surface area (Å²) in [6.07, 6.45) is 2.34. The Morgan fingerprint density at radius 1 is 1.21 bits per heavy atom. The molecule has 2 N–H and O–H groups in total. The van der Waals surface area contributed by atoms with Gasteiger partial charge in [0.2, 0.25) is 0 Å². The number of anilines is 1. The molecule has 6 heteroatoms. The quantitative estimate of drug-likeness (QED) is 0.742. The summed E-state index contributed by atoms with van der Waals surface area (Å²) in [5.41, 5.74) is 2.76. The lowest BCUT2D eigenvalue weighted by Crippen LogP contribution is -2.29. The number of nitrogens with zero attached hydrogens (tertiary/aromatic N) is 2. The lowest BCUT2D eigenvalue weighted by molar-refractivity contribution is 0.251. The Labute approximate surface area is 144 Å². The zero-order valence-corrected chi connectivity index (χ0v) is 13.8. The number of carbonyl (C=O) groups excluding carboxylic acids is 1. The number of benzene rings is 2. The first-order chi connectivity index (χ1) is 11.7. The Kier molecular flexibility index (Phi) is 3.86. The SMILES string of the molecule is O=C(NCc1nc2ccccc2n1C1CC1)Nc1cccc(Cl)c1. The molecular weight excluding hydrogens is 324 g/mol. The highest BCUT2D eigenvalue weighted by atomic mass is 35.5. The van der Waals surface area contributed by atoms with Gasteiger partial charge in [0, 0.05) is 16.8 Å². The fraction of sp³-hybridized carbons (Fsp3) is 0.222. The molecule has 1 heterocycles. The van der Waals surface area contributed by atoms with E-state index in [1.165, 1.54) is 12.8 Å². The molecule has 0 unspecified atom stereocenters. The van der Waals surface area contributed by atoms with Crippen LogP contribution in [0.25, 0.3) is 11.0 Å². The first-order valence-electron chi connectivity index (χ1n) is 7.97. The number of carbonyl (C=O) groups is 1. The van der Waals surface area contributed by atoms with Crippen molar-refractivity contribution in [1.82, 2.24) is 14.9 Å². The number of amides is 2. The molecule has 1 aromatic heterocycles. The summed E-state index contributed by atoms with van der Waals surface area (Å²) in [7, 11) is 0. The maximum Gasteiger partial charge on any atom is 0.319 e. The van der Waals surface area contributed by atoms with Crippen LogP contribution in [0.4, 0.5) is 10.5 Å². The third kappa shape index (κ3) is 3.08. The minimum absolute atomic E-state index is 0.272. The van der Waals surface area contributed by atoms with Crippen LogP contribution in [-0.2, 0) is 6.54 Å². The topological polar surface area (TPSA) is 59.0 Å². The molecule has 0 aliphatic heterocycles.